The van der Waals surface area contributed by atoms with Crippen molar-refractivity contribution >= 4 is 32.3 Å². The zero-order valence-corrected chi connectivity index (χ0v) is 14.1. The Bertz CT molecular complexity index is 907. The fourth-order valence-electron chi connectivity index (χ4n) is 2.32. The van der Waals surface area contributed by atoms with Gasteiger partial charge in [-0.3, -0.25) is 0 Å². The van der Waals surface area contributed by atoms with Crippen molar-refractivity contribution in [1.82, 2.24) is 4.72 Å². The molecule has 0 saturated carbocycles. The van der Waals surface area contributed by atoms with Gasteiger partial charge in [0.05, 0.1) is 11.2 Å². The molecule has 0 radical (unpaired) electrons. The Labute approximate surface area is 133 Å². The zero-order valence-electron chi connectivity index (χ0n) is 12.4. The Kier molecular flexibility index (Phi) is 4.08. The predicted molar refractivity (Wildman–Crippen MR) is 88.9 cm³/mol. The van der Waals surface area contributed by atoms with E-state index in [-0.39, 0.29) is 4.90 Å². The molecule has 3 aromatic rings. The van der Waals surface area contributed by atoms with Crippen molar-refractivity contribution in [3.05, 3.63) is 51.9 Å². The third-order valence-corrected chi connectivity index (χ3v) is 6.07. The van der Waals surface area contributed by atoms with E-state index in [1.165, 1.54) is 10.4 Å². The number of hydrogen-bond donors (Lipinski definition) is 1. The number of benzene rings is 1. The first-order valence-corrected chi connectivity index (χ1v) is 9.33. The van der Waals surface area contributed by atoms with E-state index in [1.807, 2.05) is 13.8 Å². The van der Waals surface area contributed by atoms with Gasteiger partial charge in [-0.05, 0) is 61.0 Å². The van der Waals surface area contributed by atoms with Gasteiger partial charge in [-0.1, -0.05) is 0 Å². The lowest BCUT2D eigenvalue weighted by Gasteiger charge is -2.06. The van der Waals surface area contributed by atoms with Crippen LogP contribution in [0.15, 0.2) is 45.2 Å². The van der Waals surface area contributed by atoms with Gasteiger partial charge in [-0.25, -0.2) is 13.1 Å². The molecule has 3 rings (SSSR count). The Hall–Kier alpha value is -1.63. The summed E-state index contributed by atoms with van der Waals surface area (Å²) in [7, 11) is -3.50. The van der Waals surface area contributed by atoms with Gasteiger partial charge in [0.2, 0.25) is 10.0 Å². The second-order valence-electron chi connectivity index (χ2n) is 5.31. The number of nitrogens with one attached hydrogen (secondary N) is 1. The molecule has 0 aliphatic carbocycles. The van der Waals surface area contributed by atoms with Gasteiger partial charge in [-0.2, -0.15) is 0 Å². The Morgan fingerprint density at radius 1 is 1.23 bits per heavy atom. The highest BCUT2D eigenvalue weighted by Gasteiger charge is 2.15. The number of hydrogen-bond acceptors (Lipinski definition) is 4. The normalized spacial score (nSPS) is 12.1. The smallest absolute Gasteiger partial charge is 0.240 e. The first-order chi connectivity index (χ1) is 10.5. The number of sulfonamides is 1. The van der Waals surface area contributed by atoms with Crippen LogP contribution in [-0.2, 0) is 16.4 Å². The SMILES string of the molecule is Cc1csc(CCNS(=O)(=O)c2ccc3occ(C)c3c2)c1. The van der Waals surface area contributed by atoms with E-state index >= 15 is 0 Å². The first-order valence-electron chi connectivity index (χ1n) is 6.97. The van der Waals surface area contributed by atoms with Gasteiger partial charge in [0.1, 0.15) is 5.58 Å². The number of furan rings is 1. The van der Waals surface area contributed by atoms with Crippen LogP contribution in [0, 0.1) is 13.8 Å². The van der Waals surface area contributed by atoms with Crippen molar-refractivity contribution in [3.8, 4) is 0 Å². The van der Waals surface area contributed by atoms with Crippen LogP contribution in [0.1, 0.15) is 16.0 Å². The summed E-state index contributed by atoms with van der Waals surface area (Å²) >= 11 is 1.65. The van der Waals surface area contributed by atoms with Crippen molar-refractivity contribution in [1.29, 1.82) is 0 Å². The fraction of sp³-hybridized carbons (Fsp3) is 0.250. The topological polar surface area (TPSA) is 59.3 Å². The van der Waals surface area contributed by atoms with Gasteiger partial charge in [-0.15, -0.1) is 11.3 Å². The van der Waals surface area contributed by atoms with Crippen LogP contribution in [-0.4, -0.2) is 15.0 Å². The summed E-state index contributed by atoms with van der Waals surface area (Å²) in [5.41, 5.74) is 2.84. The van der Waals surface area contributed by atoms with Crippen LogP contribution >= 0.6 is 11.3 Å². The van der Waals surface area contributed by atoms with Crippen molar-refractivity contribution in [2.24, 2.45) is 0 Å². The Morgan fingerprint density at radius 3 is 2.77 bits per heavy atom. The summed E-state index contributed by atoms with van der Waals surface area (Å²) in [6.07, 6.45) is 2.33. The predicted octanol–water partition coefficient (Wildman–Crippen LogP) is 3.63. The Morgan fingerprint density at radius 2 is 2.05 bits per heavy atom. The van der Waals surface area contributed by atoms with E-state index < -0.39 is 10.0 Å². The molecule has 0 atom stereocenters. The average Bonchev–Trinajstić information content (AvgIpc) is 3.05. The maximum absolute atomic E-state index is 12.4. The summed E-state index contributed by atoms with van der Waals surface area (Å²) in [6.45, 7) is 4.33. The zero-order chi connectivity index (χ0) is 15.7. The molecular weight excluding hydrogens is 318 g/mol. The standard InChI is InChI=1S/C16H17NO3S2/c1-11-7-13(21-10-11)5-6-17-22(18,19)14-3-4-16-15(8-14)12(2)9-20-16/h3-4,7-10,17H,5-6H2,1-2H3. The Balaban J connectivity index is 1.74. The number of rotatable bonds is 5. The van der Waals surface area contributed by atoms with Gasteiger partial charge in [0.15, 0.2) is 0 Å². The van der Waals surface area contributed by atoms with E-state index in [2.05, 4.69) is 16.2 Å². The van der Waals surface area contributed by atoms with E-state index in [4.69, 9.17) is 4.42 Å². The lowest BCUT2D eigenvalue weighted by molar-refractivity contribution is 0.582. The molecule has 4 nitrogen and oxygen atoms in total. The van der Waals surface area contributed by atoms with Crippen molar-refractivity contribution in [2.75, 3.05) is 6.54 Å². The lowest BCUT2D eigenvalue weighted by atomic mass is 10.2. The second-order valence-corrected chi connectivity index (χ2v) is 8.08. The summed E-state index contributed by atoms with van der Waals surface area (Å²) in [5.74, 6) is 0. The molecule has 1 aromatic carbocycles. The number of fused-ring (bicyclic) bond motifs is 1. The molecule has 2 aromatic heterocycles. The highest BCUT2D eigenvalue weighted by molar-refractivity contribution is 7.89. The van der Waals surface area contributed by atoms with Gasteiger partial charge in [0, 0.05) is 16.8 Å². The third-order valence-electron chi connectivity index (χ3n) is 3.50. The second kappa shape index (κ2) is 5.87. The molecule has 0 fully saturated rings. The highest BCUT2D eigenvalue weighted by Crippen LogP contribution is 2.23. The van der Waals surface area contributed by atoms with Crippen LogP contribution in [0.4, 0.5) is 0 Å². The van der Waals surface area contributed by atoms with Crippen LogP contribution in [0.2, 0.25) is 0 Å². The lowest BCUT2D eigenvalue weighted by Crippen LogP contribution is -2.25. The van der Waals surface area contributed by atoms with Crippen LogP contribution in [0.5, 0.6) is 0 Å². The fourth-order valence-corrected chi connectivity index (χ4v) is 4.25. The van der Waals surface area contributed by atoms with Gasteiger partial charge >= 0.3 is 0 Å². The minimum absolute atomic E-state index is 0.270. The molecule has 0 aliphatic heterocycles. The molecule has 116 valence electrons. The number of aryl methyl sites for hydroxylation is 2. The van der Waals surface area contributed by atoms with Crippen LogP contribution < -0.4 is 4.72 Å². The first kappa shape index (κ1) is 15.3. The maximum Gasteiger partial charge on any atom is 0.240 e. The van der Waals surface area contributed by atoms with Crippen molar-refractivity contribution < 1.29 is 12.8 Å². The summed E-state index contributed by atoms with van der Waals surface area (Å²) in [5, 5.41) is 2.90. The third kappa shape index (κ3) is 3.09. The summed E-state index contributed by atoms with van der Waals surface area (Å²) in [6, 6.07) is 7.01. The molecule has 0 unspecified atom stereocenters. The van der Waals surface area contributed by atoms with Crippen molar-refractivity contribution in [2.45, 2.75) is 25.2 Å². The molecule has 0 bridgehead atoms. The quantitative estimate of drug-likeness (QED) is 0.774. The number of thiophene rings is 1. The molecule has 1 N–H and O–H groups in total. The average molecular weight is 335 g/mol. The molecule has 0 spiro atoms. The van der Waals surface area contributed by atoms with Crippen LogP contribution in [0.3, 0.4) is 0 Å². The largest absolute Gasteiger partial charge is 0.464 e. The monoisotopic (exact) mass is 335 g/mol. The minimum atomic E-state index is -3.50. The van der Waals surface area contributed by atoms with E-state index in [1.54, 1.807) is 35.8 Å². The minimum Gasteiger partial charge on any atom is -0.464 e. The molecule has 0 amide bonds. The molecule has 0 aliphatic rings. The maximum atomic E-state index is 12.4. The molecular formula is C16H17NO3S2. The van der Waals surface area contributed by atoms with E-state index in [0.717, 1.165) is 10.9 Å². The van der Waals surface area contributed by atoms with Crippen molar-refractivity contribution in [3.63, 3.8) is 0 Å². The summed E-state index contributed by atoms with van der Waals surface area (Å²) in [4.78, 5) is 1.45. The molecule has 6 heteroatoms. The highest BCUT2D eigenvalue weighted by atomic mass is 32.2. The van der Waals surface area contributed by atoms with Gasteiger partial charge in [0.25, 0.3) is 0 Å². The van der Waals surface area contributed by atoms with Gasteiger partial charge < -0.3 is 4.42 Å². The van der Waals surface area contributed by atoms with E-state index in [9.17, 15) is 8.42 Å². The van der Waals surface area contributed by atoms with E-state index in [0.29, 0.717) is 18.5 Å². The molecule has 0 saturated heterocycles. The molecule has 22 heavy (non-hydrogen) atoms. The molecule has 2 heterocycles. The van der Waals surface area contributed by atoms with Crippen LogP contribution in [0.25, 0.3) is 11.0 Å². The summed E-state index contributed by atoms with van der Waals surface area (Å²) < 4.78 is 32.7.